The van der Waals surface area contributed by atoms with Gasteiger partial charge in [0, 0.05) is 26.3 Å². The summed E-state index contributed by atoms with van der Waals surface area (Å²) in [5.74, 6) is 2.20. The Labute approximate surface area is 114 Å². The molecule has 1 rings (SSSR count). The van der Waals surface area contributed by atoms with E-state index in [0.717, 1.165) is 12.4 Å². The smallest absolute Gasteiger partial charge is 0.158 e. The molecule has 1 aromatic heterocycles. The summed E-state index contributed by atoms with van der Waals surface area (Å²) in [5.41, 5.74) is 5.79. The summed E-state index contributed by atoms with van der Waals surface area (Å²) in [7, 11) is 1.59. The maximum Gasteiger partial charge on any atom is 0.158 e. The number of anilines is 2. The fraction of sp³-hybridized carbons (Fsp3) is 0.615. The first-order chi connectivity index (χ1) is 9.06. The number of ether oxygens (including phenoxy) is 1. The van der Waals surface area contributed by atoms with Crippen molar-refractivity contribution in [3.8, 4) is 6.07 Å². The number of nitriles is 1. The van der Waals surface area contributed by atoms with Gasteiger partial charge in [0.15, 0.2) is 5.82 Å². The van der Waals surface area contributed by atoms with Crippen LogP contribution in [0.4, 0.5) is 11.6 Å². The van der Waals surface area contributed by atoms with Crippen LogP contribution in [0.3, 0.4) is 0 Å². The summed E-state index contributed by atoms with van der Waals surface area (Å²) in [6.07, 6.45) is 0.455. The Morgan fingerprint density at radius 3 is 2.79 bits per heavy atom. The van der Waals surface area contributed by atoms with Crippen LogP contribution in [-0.4, -0.2) is 30.2 Å². The first-order valence-corrected chi connectivity index (χ1v) is 6.31. The topological polar surface area (TPSA) is 88.1 Å². The Balaban J connectivity index is 2.96. The van der Waals surface area contributed by atoms with Crippen LogP contribution in [0, 0.1) is 17.2 Å². The molecule has 0 bridgehead atoms. The third-order valence-electron chi connectivity index (χ3n) is 2.46. The molecule has 0 unspecified atom stereocenters. The van der Waals surface area contributed by atoms with Gasteiger partial charge in [-0.2, -0.15) is 5.26 Å². The molecule has 6 heteroatoms. The summed E-state index contributed by atoms with van der Waals surface area (Å²) in [5, 5.41) is 8.74. The molecule has 0 spiro atoms. The maximum atomic E-state index is 8.74. The lowest BCUT2D eigenvalue weighted by atomic mass is 10.2. The van der Waals surface area contributed by atoms with Crippen molar-refractivity contribution in [3.63, 3.8) is 0 Å². The fourth-order valence-electron chi connectivity index (χ4n) is 1.78. The van der Waals surface area contributed by atoms with E-state index >= 15 is 0 Å². The minimum Gasteiger partial charge on any atom is -0.384 e. The van der Waals surface area contributed by atoms with E-state index in [4.69, 9.17) is 15.7 Å². The molecule has 0 aliphatic carbocycles. The number of hydrogen-bond acceptors (Lipinski definition) is 6. The van der Waals surface area contributed by atoms with Gasteiger partial charge in [-0.25, -0.2) is 9.97 Å². The van der Waals surface area contributed by atoms with E-state index in [1.165, 1.54) is 0 Å². The van der Waals surface area contributed by atoms with Gasteiger partial charge in [0.2, 0.25) is 0 Å². The highest BCUT2D eigenvalue weighted by Gasteiger charge is 2.12. The summed E-state index contributed by atoms with van der Waals surface area (Å²) in [6.45, 7) is 6.04. The third-order valence-corrected chi connectivity index (χ3v) is 2.46. The minimum atomic E-state index is 0.325. The predicted molar refractivity (Wildman–Crippen MR) is 74.4 cm³/mol. The van der Waals surface area contributed by atoms with E-state index in [2.05, 4.69) is 34.8 Å². The van der Waals surface area contributed by atoms with Crippen LogP contribution in [0.1, 0.15) is 26.1 Å². The van der Waals surface area contributed by atoms with Crippen LogP contribution in [0.5, 0.6) is 0 Å². The summed E-state index contributed by atoms with van der Waals surface area (Å²) in [4.78, 5) is 10.6. The summed E-state index contributed by atoms with van der Waals surface area (Å²) >= 11 is 0. The van der Waals surface area contributed by atoms with Crippen LogP contribution in [0.2, 0.25) is 0 Å². The lowest BCUT2D eigenvalue weighted by Gasteiger charge is -2.25. The zero-order chi connectivity index (χ0) is 14.3. The van der Waals surface area contributed by atoms with E-state index in [-0.39, 0.29) is 0 Å². The zero-order valence-corrected chi connectivity index (χ0v) is 11.8. The highest BCUT2D eigenvalue weighted by atomic mass is 16.5. The highest BCUT2D eigenvalue weighted by molar-refractivity contribution is 5.47. The van der Waals surface area contributed by atoms with E-state index in [0.29, 0.717) is 37.1 Å². The Bertz CT molecular complexity index is 441. The number of hydrogen-bond donors (Lipinski definition) is 1. The molecule has 0 saturated carbocycles. The molecule has 2 N–H and O–H groups in total. The second kappa shape index (κ2) is 7.54. The van der Waals surface area contributed by atoms with Gasteiger partial charge >= 0.3 is 0 Å². The van der Waals surface area contributed by atoms with Crippen molar-refractivity contribution in [1.82, 2.24) is 9.97 Å². The monoisotopic (exact) mass is 263 g/mol. The van der Waals surface area contributed by atoms with Gasteiger partial charge in [0.1, 0.15) is 18.2 Å². The van der Waals surface area contributed by atoms with Gasteiger partial charge in [-0.1, -0.05) is 13.8 Å². The van der Waals surface area contributed by atoms with Gasteiger partial charge in [-0.05, 0) is 5.92 Å². The normalized spacial score (nSPS) is 10.5. The lowest BCUT2D eigenvalue weighted by Crippen LogP contribution is -2.30. The number of rotatable bonds is 7. The first kappa shape index (κ1) is 15.2. The van der Waals surface area contributed by atoms with E-state index in [9.17, 15) is 0 Å². The van der Waals surface area contributed by atoms with Crippen molar-refractivity contribution in [2.75, 3.05) is 30.8 Å². The first-order valence-electron chi connectivity index (χ1n) is 6.31. The predicted octanol–water partition coefficient (Wildman–Crippen LogP) is 1.58. The quantitative estimate of drug-likeness (QED) is 0.803. The molecular weight excluding hydrogens is 242 g/mol. The molecule has 0 aliphatic heterocycles. The molecule has 0 radical (unpaired) electrons. The Morgan fingerprint density at radius 2 is 2.21 bits per heavy atom. The van der Waals surface area contributed by atoms with Crippen LogP contribution in [0.15, 0.2) is 6.07 Å². The second-order valence-electron chi connectivity index (χ2n) is 4.75. The molecular formula is C13H21N5O. The van der Waals surface area contributed by atoms with Crippen LogP contribution in [-0.2, 0) is 11.3 Å². The third kappa shape index (κ3) is 5.10. The summed E-state index contributed by atoms with van der Waals surface area (Å²) < 4.78 is 5.03. The molecule has 0 amide bonds. The number of nitrogen functional groups attached to an aromatic ring is 1. The number of nitrogens with zero attached hydrogens (tertiary/aromatic N) is 4. The van der Waals surface area contributed by atoms with E-state index in [1.807, 2.05) is 0 Å². The van der Waals surface area contributed by atoms with Crippen molar-refractivity contribution in [3.05, 3.63) is 11.9 Å². The molecule has 6 nitrogen and oxygen atoms in total. The van der Waals surface area contributed by atoms with E-state index < -0.39 is 0 Å². The van der Waals surface area contributed by atoms with Crippen molar-refractivity contribution < 1.29 is 4.74 Å². The van der Waals surface area contributed by atoms with Crippen molar-refractivity contribution >= 4 is 11.6 Å². The number of methoxy groups -OCH3 is 1. The molecule has 1 heterocycles. The molecule has 19 heavy (non-hydrogen) atoms. The zero-order valence-electron chi connectivity index (χ0n) is 11.8. The van der Waals surface area contributed by atoms with Gasteiger partial charge in [-0.3, -0.25) is 0 Å². The number of nitrogens with two attached hydrogens (primary N) is 1. The number of aromatic nitrogens is 2. The van der Waals surface area contributed by atoms with E-state index in [1.54, 1.807) is 13.2 Å². The second-order valence-corrected chi connectivity index (χ2v) is 4.75. The molecule has 104 valence electrons. The minimum absolute atomic E-state index is 0.325. The average molecular weight is 263 g/mol. The standard InChI is InChI=1S/C13H21N5O/c1-10(2)8-18(6-4-5-14)13-7-11(15)16-12(17-13)9-19-3/h7,10H,4,6,8-9H2,1-3H3,(H2,15,16,17). The van der Waals surface area contributed by atoms with Crippen LogP contribution < -0.4 is 10.6 Å². The maximum absolute atomic E-state index is 8.74. The summed E-state index contributed by atoms with van der Waals surface area (Å²) in [6, 6.07) is 3.89. The SMILES string of the molecule is COCc1nc(N)cc(N(CCC#N)CC(C)C)n1. The van der Waals surface area contributed by atoms with Gasteiger partial charge < -0.3 is 15.4 Å². The fourth-order valence-corrected chi connectivity index (χ4v) is 1.78. The van der Waals surface area contributed by atoms with Crippen molar-refractivity contribution in [2.24, 2.45) is 5.92 Å². The Morgan fingerprint density at radius 1 is 1.47 bits per heavy atom. The van der Waals surface area contributed by atoms with Gasteiger partial charge in [-0.15, -0.1) is 0 Å². The Hall–Kier alpha value is -1.87. The van der Waals surface area contributed by atoms with Gasteiger partial charge in [0.05, 0.1) is 12.5 Å². The van der Waals surface area contributed by atoms with Crippen LogP contribution >= 0.6 is 0 Å². The van der Waals surface area contributed by atoms with Crippen molar-refractivity contribution in [1.29, 1.82) is 5.26 Å². The van der Waals surface area contributed by atoms with Gasteiger partial charge in [0.25, 0.3) is 0 Å². The highest BCUT2D eigenvalue weighted by Crippen LogP contribution is 2.16. The Kier molecular flexibility index (Phi) is 6.03. The molecule has 0 saturated heterocycles. The average Bonchev–Trinajstić information content (AvgIpc) is 2.33. The lowest BCUT2D eigenvalue weighted by molar-refractivity contribution is 0.178. The van der Waals surface area contributed by atoms with Crippen LogP contribution in [0.25, 0.3) is 0 Å². The molecule has 0 aromatic carbocycles. The molecule has 0 atom stereocenters. The van der Waals surface area contributed by atoms with Crippen molar-refractivity contribution in [2.45, 2.75) is 26.9 Å². The largest absolute Gasteiger partial charge is 0.384 e. The molecule has 0 aliphatic rings. The molecule has 0 fully saturated rings. The molecule has 1 aromatic rings.